The first-order chi connectivity index (χ1) is 15.0. The van der Waals surface area contributed by atoms with Crippen LogP contribution in [0.25, 0.3) is 5.69 Å². The highest BCUT2D eigenvalue weighted by Crippen LogP contribution is 2.33. The Balaban J connectivity index is 1.45. The molecule has 2 aromatic heterocycles. The summed E-state index contributed by atoms with van der Waals surface area (Å²) in [5.74, 6) is -1.66. The minimum absolute atomic E-state index is 0.000714. The van der Waals surface area contributed by atoms with E-state index in [0.717, 1.165) is 23.3 Å². The van der Waals surface area contributed by atoms with Gasteiger partial charge in [0.05, 0.1) is 6.20 Å². The van der Waals surface area contributed by atoms with Crippen molar-refractivity contribution in [1.82, 2.24) is 24.5 Å². The molecule has 156 valence electrons. The Morgan fingerprint density at radius 3 is 2.74 bits per heavy atom. The maximum Gasteiger partial charge on any atom is 0.274 e. The fourth-order valence-electron chi connectivity index (χ4n) is 4.07. The van der Waals surface area contributed by atoms with Crippen LogP contribution in [0.3, 0.4) is 0 Å². The maximum absolute atomic E-state index is 14.1. The van der Waals surface area contributed by atoms with Crippen LogP contribution in [-0.2, 0) is 13.6 Å². The third-order valence-electron chi connectivity index (χ3n) is 5.57. The summed E-state index contributed by atoms with van der Waals surface area (Å²) in [6, 6.07) is 12.8. The van der Waals surface area contributed by atoms with Gasteiger partial charge in [0.15, 0.2) is 11.5 Å². The Labute approximate surface area is 177 Å². The van der Waals surface area contributed by atoms with Gasteiger partial charge in [-0.05, 0) is 34.9 Å². The van der Waals surface area contributed by atoms with Crippen LogP contribution < -0.4 is 0 Å². The molecule has 0 bridgehead atoms. The van der Waals surface area contributed by atoms with Crippen LogP contribution in [0.4, 0.5) is 8.78 Å². The van der Waals surface area contributed by atoms with Crippen molar-refractivity contribution in [2.75, 3.05) is 6.54 Å². The molecule has 6 nitrogen and oxygen atoms in total. The van der Waals surface area contributed by atoms with E-state index in [9.17, 15) is 13.6 Å². The van der Waals surface area contributed by atoms with Gasteiger partial charge in [-0.2, -0.15) is 10.2 Å². The van der Waals surface area contributed by atoms with Gasteiger partial charge in [0.25, 0.3) is 5.91 Å². The van der Waals surface area contributed by atoms with E-state index in [1.165, 1.54) is 22.5 Å². The number of rotatable bonds is 3. The number of hydrogen-bond donors (Lipinski definition) is 0. The Morgan fingerprint density at radius 2 is 1.97 bits per heavy atom. The van der Waals surface area contributed by atoms with Gasteiger partial charge in [-0.3, -0.25) is 9.48 Å². The molecule has 0 fully saturated rings. The third kappa shape index (κ3) is 3.50. The predicted molar refractivity (Wildman–Crippen MR) is 110 cm³/mol. The van der Waals surface area contributed by atoms with Gasteiger partial charge in [-0.25, -0.2) is 13.5 Å². The first-order valence-corrected chi connectivity index (χ1v) is 9.86. The van der Waals surface area contributed by atoms with Crippen LogP contribution in [0.5, 0.6) is 0 Å². The molecule has 0 spiro atoms. The molecule has 0 radical (unpaired) electrons. The largest absolute Gasteiger partial charge is 0.332 e. The van der Waals surface area contributed by atoms with Crippen molar-refractivity contribution in [3.8, 4) is 5.69 Å². The number of hydrogen-bond acceptors (Lipinski definition) is 3. The molecule has 0 saturated carbocycles. The van der Waals surface area contributed by atoms with Crippen molar-refractivity contribution in [1.29, 1.82) is 0 Å². The normalized spacial score (nSPS) is 15.7. The molecule has 8 heteroatoms. The van der Waals surface area contributed by atoms with Gasteiger partial charge in [0, 0.05) is 44.5 Å². The van der Waals surface area contributed by atoms with Gasteiger partial charge in [0.1, 0.15) is 11.5 Å². The lowest BCUT2D eigenvalue weighted by Crippen LogP contribution is -2.38. The zero-order chi connectivity index (χ0) is 21.5. The first kappa shape index (κ1) is 19.2. The lowest BCUT2D eigenvalue weighted by molar-refractivity contribution is 0.0718. The fourth-order valence-corrected chi connectivity index (χ4v) is 4.07. The number of carbonyl (C=O) groups excluding carboxylic acids is 1. The lowest BCUT2D eigenvalue weighted by Gasteiger charge is -2.34. The summed E-state index contributed by atoms with van der Waals surface area (Å²) in [5, 5.41) is 8.53. The molecule has 31 heavy (non-hydrogen) atoms. The number of benzene rings is 2. The molecule has 1 atom stereocenters. The van der Waals surface area contributed by atoms with Gasteiger partial charge in [0.2, 0.25) is 0 Å². The van der Waals surface area contributed by atoms with Gasteiger partial charge >= 0.3 is 0 Å². The van der Waals surface area contributed by atoms with Gasteiger partial charge < -0.3 is 4.90 Å². The molecule has 4 aromatic rings. The Hall–Kier alpha value is -3.81. The minimum Gasteiger partial charge on any atom is -0.332 e. The van der Waals surface area contributed by atoms with Crippen LogP contribution in [0, 0.1) is 11.6 Å². The van der Waals surface area contributed by atoms with Crippen molar-refractivity contribution in [2.24, 2.45) is 7.05 Å². The number of aryl methyl sites for hydroxylation is 1. The SMILES string of the molecule is Cn1cc(C2CN(C(=O)c3ccn(-c4ccc(F)cc4F)n3)Cc3ccccc32)cn1. The Bertz CT molecular complexity index is 1280. The molecular weight excluding hydrogens is 400 g/mol. The van der Waals surface area contributed by atoms with E-state index >= 15 is 0 Å². The second-order valence-electron chi connectivity index (χ2n) is 7.63. The summed E-state index contributed by atoms with van der Waals surface area (Å²) < 4.78 is 30.3. The number of aromatic nitrogens is 4. The summed E-state index contributed by atoms with van der Waals surface area (Å²) in [7, 11) is 1.86. The summed E-state index contributed by atoms with van der Waals surface area (Å²) in [5.41, 5.74) is 3.57. The quantitative estimate of drug-likeness (QED) is 0.509. The van der Waals surface area contributed by atoms with Crippen LogP contribution >= 0.6 is 0 Å². The lowest BCUT2D eigenvalue weighted by atomic mass is 9.86. The van der Waals surface area contributed by atoms with Crippen molar-refractivity contribution in [3.63, 3.8) is 0 Å². The van der Waals surface area contributed by atoms with Crippen molar-refractivity contribution < 1.29 is 13.6 Å². The molecule has 1 aliphatic rings. The van der Waals surface area contributed by atoms with E-state index < -0.39 is 11.6 Å². The van der Waals surface area contributed by atoms with Crippen molar-refractivity contribution in [2.45, 2.75) is 12.5 Å². The average Bonchev–Trinajstić information content (AvgIpc) is 3.42. The average molecular weight is 419 g/mol. The fraction of sp³-hybridized carbons (Fsp3) is 0.174. The number of carbonyl (C=O) groups is 1. The van der Waals surface area contributed by atoms with Crippen LogP contribution in [0.1, 0.15) is 33.1 Å². The highest BCUT2D eigenvalue weighted by Gasteiger charge is 2.31. The predicted octanol–water partition coefficient (Wildman–Crippen LogP) is 3.67. The van der Waals surface area contributed by atoms with Crippen LogP contribution in [0.15, 0.2) is 67.1 Å². The zero-order valence-electron chi connectivity index (χ0n) is 16.7. The Morgan fingerprint density at radius 1 is 1.13 bits per heavy atom. The second kappa shape index (κ2) is 7.46. The maximum atomic E-state index is 14.1. The summed E-state index contributed by atoms with van der Waals surface area (Å²) in [4.78, 5) is 15.0. The molecule has 0 N–H and O–H groups in total. The van der Waals surface area contributed by atoms with E-state index in [2.05, 4.69) is 16.3 Å². The summed E-state index contributed by atoms with van der Waals surface area (Å²) in [6.07, 6.45) is 5.28. The van der Waals surface area contributed by atoms with Crippen molar-refractivity contribution in [3.05, 3.63) is 101 Å². The molecule has 5 rings (SSSR count). The van der Waals surface area contributed by atoms with Crippen LogP contribution in [0.2, 0.25) is 0 Å². The standard InChI is InChI=1S/C23H19F2N5O/c1-28-12-16(11-26-28)19-14-29(13-15-4-2-3-5-18(15)19)23(31)21-8-9-30(27-21)22-7-6-17(24)10-20(22)25/h2-12,19H,13-14H2,1H3. The van der Waals surface area contributed by atoms with Crippen LogP contribution in [-0.4, -0.2) is 36.9 Å². The first-order valence-electron chi connectivity index (χ1n) is 9.86. The number of fused-ring (bicyclic) bond motifs is 1. The summed E-state index contributed by atoms with van der Waals surface area (Å²) in [6.45, 7) is 0.947. The molecule has 0 aliphatic carbocycles. The van der Waals surface area contributed by atoms with E-state index in [1.54, 1.807) is 15.6 Å². The molecular formula is C23H19F2N5O. The molecule has 0 saturated heterocycles. The highest BCUT2D eigenvalue weighted by atomic mass is 19.1. The van der Waals surface area contributed by atoms with Crippen molar-refractivity contribution >= 4 is 5.91 Å². The van der Waals surface area contributed by atoms with E-state index in [0.29, 0.717) is 13.1 Å². The second-order valence-corrected chi connectivity index (χ2v) is 7.63. The topological polar surface area (TPSA) is 56.0 Å². The molecule has 1 amide bonds. The third-order valence-corrected chi connectivity index (χ3v) is 5.57. The van der Waals surface area contributed by atoms with Gasteiger partial charge in [-0.15, -0.1) is 0 Å². The molecule has 2 aromatic carbocycles. The zero-order valence-corrected chi connectivity index (χ0v) is 16.7. The highest BCUT2D eigenvalue weighted by molar-refractivity contribution is 5.92. The van der Waals surface area contributed by atoms with E-state index in [1.807, 2.05) is 37.6 Å². The molecule has 3 heterocycles. The van der Waals surface area contributed by atoms with Gasteiger partial charge in [-0.1, -0.05) is 24.3 Å². The van der Waals surface area contributed by atoms with E-state index in [-0.39, 0.29) is 23.2 Å². The van der Waals surface area contributed by atoms with E-state index in [4.69, 9.17) is 0 Å². The number of halogens is 2. The number of amides is 1. The summed E-state index contributed by atoms with van der Waals surface area (Å²) >= 11 is 0. The minimum atomic E-state index is -0.745. The molecule has 1 unspecified atom stereocenters. The monoisotopic (exact) mass is 419 g/mol. The molecule has 1 aliphatic heterocycles. The Kier molecular flexibility index (Phi) is 4.62. The number of nitrogens with zero attached hydrogens (tertiary/aromatic N) is 5. The smallest absolute Gasteiger partial charge is 0.274 e.